The summed E-state index contributed by atoms with van der Waals surface area (Å²) in [5.74, 6) is -0.299. The van der Waals surface area contributed by atoms with Crippen molar-refractivity contribution >= 4 is 35.9 Å². The third kappa shape index (κ3) is 37.7. The molecule has 2 saturated carbocycles. The second-order valence-electron chi connectivity index (χ2n) is 25.4. The Hall–Kier alpha value is -4.02. The lowest BCUT2D eigenvalue weighted by Gasteiger charge is -2.39. The molecule has 0 aromatic rings. The number of alkyl carbamates (subject to hydrolysis) is 1. The molecule has 2 unspecified atom stereocenters. The summed E-state index contributed by atoms with van der Waals surface area (Å²) in [4.78, 5) is 81.3. The quantitative estimate of drug-likeness (QED) is 0.0191. The van der Waals surface area contributed by atoms with Crippen molar-refractivity contribution in [3.8, 4) is 0 Å². The summed E-state index contributed by atoms with van der Waals surface area (Å²) >= 11 is 0. The molecular weight excluding hydrogens is 1090 g/mol. The SMILES string of the molecule is CCCCC/C=C\CCOC(=O)CCCCC(=O)OCC(COC(=O)CCCCC(=O)OCC/C=C\CCCCC)(COC(=O)CCC(CCCCCC)OC(=O)NCCN1CCCC1)COC(O)C1CCC(C2CCC(CCCCC)CC2)CC1. The summed E-state index contributed by atoms with van der Waals surface area (Å²) in [5, 5.41) is 14.7. The summed E-state index contributed by atoms with van der Waals surface area (Å²) in [6.45, 7) is 11.3. The Labute approximate surface area is 520 Å². The number of hydrogen-bond donors (Lipinski definition) is 2. The lowest BCUT2D eigenvalue weighted by Crippen LogP contribution is -2.45. The number of ether oxygens (including phenoxy) is 7. The molecule has 3 rings (SSSR count). The predicted molar refractivity (Wildman–Crippen MR) is 339 cm³/mol. The Morgan fingerprint density at radius 1 is 0.500 bits per heavy atom. The maximum absolute atomic E-state index is 13.9. The van der Waals surface area contributed by atoms with Crippen LogP contribution in [0.15, 0.2) is 24.3 Å². The highest BCUT2D eigenvalue weighted by molar-refractivity contribution is 5.72. The van der Waals surface area contributed by atoms with Gasteiger partial charge in [0, 0.05) is 51.1 Å². The molecule has 496 valence electrons. The fourth-order valence-electron chi connectivity index (χ4n) is 12.2. The first kappa shape index (κ1) is 76.2. The Morgan fingerprint density at radius 3 is 1.47 bits per heavy atom. The zero-order valence-corrected chi connectivity index (χ0v) is 54.6. The maximum atomic E-state index is 13.9. The number of nitrogens with one attached hydrogen (secondary N) is 1. The number of unbranched alkanes of at least 4 members (excludes halogenated alkanes) is 13. The molecule has 0 radical (unpaired) electrons. The van der Waals surface area contributed by atoms with E-state index < -0.39 is 41.8 Å². The normalized spacial score (nSPS) is 19.1. The number of rotatable bonds is 51. The van der Waals surface area contributed by atoms with Crippen LogP contribution in [0.25, 0.3) is 0 Å². The van der Waals surface area contributed by atoms with Gasteiger partial charge in [-0.15, -0.1) is 0 Å². The summed E-state index contributed by atoms with van der Waals surface area (Å²) in [6.07, 6.45) is 39.3. The zero-order valence-electron chi connectivity index (χ0n) is 54.6. The van der Waals surface area contributed by atoms with Crippen molar-refractivity contribution in [2.24, 2.45) is 29.1 Å². The van der Waals surface area contributed by atoms with Crippen molar-refractivity contribution in [1.29, 1.82) is 0 Å². The Morgan fingerprint density at radius 2 is 0.953 bits per heavy atom. The average molecular weight is 1220 g/mol. The molecule has 0 aromatic carbocycles. The van der Waals surface area contributed by atoms with Gasteiger partial charge in [0.15, 0.2) is 6.29 Å². The van der Waals surface area contributed by atoms with Gasteiger partial charge in [-0.25, -0.2) is 4.79 Å². The minimum Gasteiger partial charge on any atom is -0.465 e. The number of nitrogens with zero attached hydrogens (tertiary/aromatic N) is 1. The Bertz CT molecular complexity index is 1780. The number of likely N-dealkylation sites (tertiary alicyclic amines) is 1. The van der Waals surface area contributed by atoms with Gasteiger partial charge in [-0.3, -0.25) is 24.0 Å². The topological polar surface area (TPSA) is 203 Å². The first-order chi connectivity index (χ1) is 41.9. The number of hydrogen-bond acceptors (Lipinski definition) is 15. The van der Waals surface area contributed by atoms with Crippen molar-refractivity contribution in [3.05, 3.63) is 24.3 Å². The first-order valence-corrected chi connectivity index (χ1v) is 34.9. The molecule has 3 fully saturated rings. The predicted octanol–water partition coefficient (Wildman–Crippen LogP) is 15.3. The van der Waals surface area contributed by atoms with Crippen LogP contribution in [0, 0.1) is 29.1 Å². The van der Waals surface area contributed by atoms with E-state index in [1.54, 1.807) is 0 Å². The second kappa shape index (κ2) is 49.8. The third-order valence-corrected chi connectivity index (χ3v) is 17.8. The lowest BCUT2D eigenvalue weighted by atomic mass is 9.68. The van der Waals surface area contributed by atoms with Crippen LogP contribution in [-0.4, -0.2) is 124 Å². The van der Waals surface area contributed by atoms with Gasteiger partial charge < -0.3 is 48.5 Å². The highest BCUT2D eigenvalue weighted by atomic mass is 16.6. The molecule has 2 aliphatic carbocycles. The largest absolute Gasteiger partial charge is 0.465 e. The fourth-order valence-corrected chi connectivity index (χ4v) is 12.2. The van der Waals surface area contributed by atoms with E-state index in [4.69, 9.17) is 33.2 Å². The van der Waals surface area contributed by atoms with E-state index in [2.05, 4.69) is 50.1 Å². The standard InChI is InChI=1S/C70H122N2O14/c1-5-9-13-16-18-20-30-52-80-63(73)34-24-26-36-65(75)82-54-70(55-83-66(76)37-27-25-35-64(74)81-53-31-21-19-17-14-10-6-2,57-85-68(78)61-44-42-60(43-45-61)59-40-38-58(39-41-59)32-22-12-8-4)56-84-67(77)47-46-62(33-23-15-11-7-3)86-69(79)71-48-51-72-49-28-29-50-72/h18-21,58-62,68,78H,5-17,22-57H2,1-4H3,(H,71,79)/b20-18-,21-19-. The van der Waals surface area contributed by atoms with Gasteiger partial charge in [-0.1, -0.05) is 135 Å². The van der Waals surface area contributed by atoms with Crippen LogP contribution in [0.1, 0.15) is 278 Å². The molecule has 1 amide bonds. The second-order valence-corrected chi connectivity index (χ2v) is 25.4. The molecule has 1 aliphatic heterocycles. The van der Waals surface area contributed by atoms with E-state index in [-0.39, 0.29) is 82.8 Å². The number of carbonyl (C=O) groups excluding carboxylic acids is 6. The zero-order chi connectivity index (χ0) is 62.1. The molecule has 16 nitrogen and oxygen atoms in total. The molecule has 0 bridgehead atoms. The third-order valence-electron chi connectivity index (χ3n) is 17.8. The smallest absolute Gasteiger partial charge is 0.407 e. The van der Waals surface area contributed by atoms with Crippen LogP contribution in [0.5, 0.6) is 0 Å². The molecule has 1 saturated heterocycles. The van der Waals surface area contributed by atoms with Gasteiger partial charge in [0.25, 0.3) is 0 Å². The van der Waals surface area contributed by atoms with E-state index in [9.17, 15) is 33.9 Å². The number of amides is 1. The number of aliphatic hydroxyl groups excluding tert-OH is 1. The van der Waals surface area contributed by atoms with E-state index >= 15 is 0 Å². The minimum atomic E-state index is -1.43. The molecular formula is C70H122N2O14. The van der Waals surface area contributed by atoms with Crippen molar-refractivity contribution in [2.75, 3.05) is 65.8 Å². The minimum absolute atomic E-state index is 0.000321. The highest BCUT2D eigenvalue weighted by Crippen LogP contribution is 2.43. The summed E-state index contributed by atoms with van der Waals surface area (Å²) < 4.78 is 40.9. The molecule has 16 heteroatoms. The maximum Gasteiger partial charge on any atom is 0.407 e. The number of aliphatic hydroxyl groups is 1. The lowest BCUT2D eigenvalue weighted by molar-refractivity contribution is -0.194. The Balaban J connectivity index is 1.72. The van der Waals surface area contributed by atoms with E-state index in [1.807, 2.05) is 12.2 Å². The summed E-state index contributed by atoms with van der Waals surface area (Å²) in [7, 11) is 0. The van der Waals surface area contributed by atoms with Crippen LogP contribution in [0.2, 0.25) is 0 Å². The summed E-state index contributed by atoms with van der Waals surface area (Å²) in [5.41, 5.74) is -1.43. The molecule has 2 atom stereocenters. The van der Waals surface area contributed by atoms with Crippen LogP contribution in [0.4, 0.5) is 4.79 Å². The van der Waals surface area contributed by atoms with Gasteiger partial charge in [-0.2, -0.15) is 0 Å². The number of esters is 5. The van der Waals surface area contributed by atoms with Gasteiger partial charge >= 0.3 is 35.9 Å². The van der Waals surface area contributed by atoms with E-state index in [1.165, 1.54) is 77.0 Å². The molecule has 1 heterocycles. The molecule has 0 spiro atoms. The van der Waals surface area contributed by atoms with Crippen LogP contribution in [-0.2, 0) is 57.1 Å². The van der Waals surface area contributed by atoms with Crippen molar-refractivity contribution in [2.45, 2.75) is 291 Å². The molecule has 86 heavy (non-hydrogen) atoms. The Kier molecular flexibility index (Phi) is 44.1. The van der Waals surface area contributed by atoms with Crippen LogP contribution in [0.3, 0.4) is 0 Å². The van der Waals surface area contributed by atoms with E-state index in [0.29, 0.717) is 76.5 Å². The van der Waals surface area contributed by atoms with Crippen molar-refractivity contribution in [3.63, 3.8) is 0 Å². The first-order valence-electron chi connectivity index (χ1n) is 34.9. The summed E-state index contributed by atoms with van der Waals surface area (Å²) in [6, 6.07) is 0. The number of carbonyl (C=O) groups is 6. The van der Waals surface area contributed by atoms with Gasteiger partial charge in [0.2, 0.25) is 0 Å². The van der Waals surface area contributed by atoms with E-state index in [0.717, 1.165) is 115 Å². The highest BCUT2D eigenvalue weighted by Gasteiger charge is 2.40. The van der Waals surface area contributed by atoms with Gasteiger partial charge in [0.05, 0.1) is 25.2 Å². The molecule has 0 aromatic heterocycles. The van der Waals surface area contributed by atoms with Crippen LogP contribution < -0.4 is 5.32 Å². The van der Waals surface area contributed by atoms with Gasteiger partial charge in [0.1, 0.15) is 25.9 Å². The van der Waals surface area contributed by atoms with Crippen molar-refractivity contribution in [1.82, 2.24) is 10.2 Å². The fraction of sp³-hybridized carbons (Fsp3) is 0.857. The van der Waals surface area contributed by atoms with Crippen LogP contribution >= 0.6 is 0 Å². The average Bonchev–Trinajstić information content (AvgIpc) is 4.21. The molecule has 3 aliphatic rings. The molecule has 2 N–H and O–H groups in total. The van der Waals surface area contributed by atoms with Crippen molar-refractivity contribution < 1.29 is 67.0 Å². The monoisotopic (exact) mass is 1210 g/mol. The van der Waals surface area contributed by atoms with Gasteiger partial charge in [-0.05, 0) is 166 Å². The number of allylic oxidation sites excluding steroid dienone is 2.